The summed E-state index contributed by atoms with van der Waals surface area (Å²) in [5.41, 5.74) is 2.43. The van der Waals surface area contributed by atoms with Gasteiger partial charge in [-0.05, 0) is 49.7 Å². The van der Waals surface area contributed by atoms with E-state index in [1.165, 1.54) is 5.01 Å². The van der Waals surface area contributed by atoms with E-state index in [0.29, 0.717) is 11.5 Å². The number of piperidine rings is 1. The molecule has 1 aliphatic rings. The van der Waals surface area contributed by atoms with Crippen molar-refractivity contribution in [3.05, 3.63) is 64.7 Å². The molecule has 0 saturated carbocycles. The third-order valence-corrected chi connectivity index (χ3v) is 6.23. The van der Waals surface area contributed by atoms with Gasteiger partial charge >= 0.3 is 0 Å². The lowest BCUT2D eigenvalue weighted by Crippen LogP contribution is -2.30. The maximum Gasteiger partial charge on any atom is 0.251 e. The summed E-state index contributed by atoms with van der Waals surface area (Å²) < 4.78 is 1.04. The molecule has 0 bridgehead atoms. The highest BCUT2D eigenvalue weighted by Crippen LogP contribution is 2.32. The predicted molar refractivity (Wildman–Crippen MR) is 108 cm³/mol. The molecule has 3 N–H and O–H groups in total. The van der Waals surface area contributed by atoms with Crippen LogP contribution in [0.4, 0.5) is 0 Å². The Morgan fingerprint density at radius 3 is 2.74 bits per heavy atom. The molecule has 1 aliphatic heterocycles. The number of hydrogen-bond donors (Lipinski definition) is 3. The molecule has 0 spiro atoms. The van der Waals surface area contributed by atoms with Crippen LogP contribution in [-0.4, -0.2) is 35.7 Å². The molecule has 0 unspecified atom stereocenters. The van der Waals surface area contributed by atoms with Crippen LogP contribution in [0.3, 0.4) is 0 Å². The van der Waals surface area contributed by atoms with Gasteiger partial charge in [0.15, 0.2) is 0 Å². The second kappa shape index (κ2) is 8.17. The van der Waals surface area contributed by atoms with Crippen LogP contribution < -0.4 is 10.6 Å². The van der Waals surface area contributed by atoms with Gasteiger partial charge in [-0.25, -0.2) is 4.98 Å². The van der Waals surface area contributed by atoms with Crippen molar-refractivity contribution >= 4 is 27.5 Å². The van der Waals surface area contributed by atoms with Crippen molar-refractivity contribution < 1.29 is 9.90 Å². The number of benzene rings is 2. The van der Waals surface area contributed by atoms with Crippen LogP contribution >= 0.6 is 11.3 Å². The van der Waals surface area contributed by atoms with Crippen molar-refractivity contribution in [2.45, 2.75) is 24.8 Å². The Morgan fingerprint density at radius 2 is 2.00 bits per heavy atom. The number of aliphatic hydroxyl groups is 1. The average molecular weight is 382 g/mol. The molecule has 1 amide bonds. The monoisotopic (exact) mass is 381 g/mol. The van der Waals surface area contributed by atoms with Gasteiger partial charge in [0.1, 0.15) is 0 Å². The number of amides is 1. The lowest BCUT2D eigenvalue weighted by Gasteiger charge is -2.20. The number of aliphatic hydroxyl groups excluding tert-OH is 1. The summed E-state index contributed by atoms with van der Waals surface area (Å²) in [6.45, 7) is 1.94. The molecule has 0 aliphatic carbocycles. The maximum absolute atomic E-state index is 12.7. The van der Waals surface area contributed by atoms with E-state index in [1.54, 1.807) is 11.3 Å². The third-order valence-electron chi connectivity index (χ3n) is 5.05. The first-order chi connectivity index (χ1) is 13.2. The Kier molecular flexibility index (Phi) is 5.48. The normalized spacial score (nSPS) is 16.3. The Bertz CT molecular complexity index is 920. The summed E-state index contributed by atoms with van der Waals surface area (Å²) in [6, 6.07) is 14.7. The highest BCUT2D eigenvalue weighted by atomic mass is 32.1. The Hall–Kier alpha value is -2.28. The van der Waals surface area contributed by atoms with Gasteiger partial charge in [-0.2, -0.15) is 0 Å². The molecule has 3 aromatic rings. The van der Waals surface area contributed by atoms with Crippen LogP contribution in [0.5, 0.6) is 0 Å². The molecule has 4 rings (SSSR count). The molecule has 140 valence electrons. The minimum Gasteiger partial charge on any atom is -0.394 e. The molecule has 2 heterocycles. The standard InChI is InChI=1S/C21H23N3O2S/c25-13-18(14-4-2-1-3-5-14)23-20(26)16-6-7-17-19(12-16)27-21(24-17)15-8-10-22-11-9-15/h1-7,12,15,18,22,25H,8-11,13H2,(H,23,26)/t18-/m0/s1. The van der Waals surface area contributed by atoms with Crippen molar-refractivity contribution in [1.29, 1.82) is 0 Å². The highest BCUT2D eigenvalue weighted by Gasteiger charge is 2.20. The molecule has 1 fully saturated rings. The molecule has 0 radical (unpaired) electrons. The zero-order valence-corrected chi connectivity index (χ0v) is 15.8. The van der Waals surface area contributed by atoms with Crippen LogP contribution in [0.2, 0.25) is 0 Å². The molecule has 27 heavy (non-hydrogen) atoms. The smallest absolute Gasteiger partial charge is 0.251 e. The summed E-state index contributed by atoms with van der Waals surface area (Å²) >= 11 is 1.69. The van der Waals surface area contributed by atoms with Crippen molar-refractivity contribution in [1.82, 2.24) is 15.6 Å². The van der Waals surface area contributed by atoms with E-state index in [-0.39, 0.29) is 12.5 Å². The summed E-state index contributed by atoms with van der Waals surface area (Å²) in [7, 11) is 0. The Labute approximate surface area is 162 Å². The van der Waals surface area contributed by atoms with Crippen LogP contribution in [-0.2, 0) is 0 Å². The van der Waals surface area contributed by atoms with Crippen LogP contribution in [0.1, 0.15) is 45.7 Å². The van der Waals surface area contributed by atoms with Gasteiger partial charge in [-0.15, -0.1) is 11.3 Å². The minimum absolute atomic E-state index is 0.140. The number of aromatic nitrogens is 1. The number of carbonyl (C=O) groups is 1. The summed E-state index contributed by atoms with van der Waals surface area (Å²) in [5.74, 6) is 0.328. The zero-order valence-electron chi connectivity index (χ0n) is 15.0. The number of thiazole rings is 1. The second-order valence-corrected chi connectivity index (χ2v) is 7.94. The van der Waals surface area contributed by atoms with E-state index in [4.69, 9.17) is 4.98 Å². The summed E-state index contributed by atoms with van der Waals surface area (Å²) in [5, 5.41) is 17.1. The van der Waals surface area contributed by atoms with Gasteiger partial charge in [0, 0.05) is 11.5 Å². The van der Waals surface area contributed by atoms with Crippen molar-refractivity contribution in [3.63, 3.8) is 0 Å². The fraction of sp³-hybridized carbons (Fsp3) is 0.333. The van der Waals surface area contributed by atoms with E-state index in [9.17, 15) is 9.90 Å². The van der Waals surface area contributed by atoms with Crippen molar-refractivity contribution in [2.75, 3.05) is 19.7 Å². The maximum atomic E-state index is 12.7. The van der Waals surface area contributed by atoms with E-state index < -0.39 is 6.04 Å². The zero-order chi connectivity index (χ0) is 18.6. The molecular formula is C21H23N3O2S. The van der Waals surface area contributed by atoms with Gasteiger partial charge in [0.2, 0.25) is 0 Å². The first-order valence-electron chi connectivity index (χ1n) is 9.32. The van der Waals surface area contributed by atoms with Gasteiger partial charge in [-0.3, -0.25) is 4.79 Å². The Morgan fingerprint density at radius 1 is 1.22 bits per heavy atom. The van der Waals surface area contributed by atoms with Gasteiger partial charge in [0.25, 0.3) is 5.91 Å². The number of rotatable bonds is 5. The Balaban J connectivity index is 1.53. The van der Waals surface area contributed by atoms with Crippen LogP contribution in [0, 0.1) is 0 Å². The molecule has 2 aromatic carbocycles. The summed E-state index contributed by atoms with van der Waals surface area (Å²) in [4.78, 5) is 17.5. The lowest BCUT2D eigenvalue weighted by molar-refractivity contribution is 0.0916. The van der Waals surface area contributed by atoms with Crippen molar-refractivity contribution in [3.8, 4) is 0 Å². The third kappa shape index (κ3) is 4.03. The number of fused-ring (bicyclic) bond motifs is 1. The molecule has 6 heteroatoms. The van der Waals surface area contributed by atoms with Gasteiger partial charge in [0.05, 0.1) is 27.9 Å². The van der Waals surface area contributed by atoms with Gasteiger partial charge in [-0.1, -0.05) is 30.3 Å². The lowest BCUT2D eigenvalue weighted by atomic mass is 9.99. The van der Waals surface area contributed by atoms with E-state index >= 15 is 0 Å². The largest absolute Gasteiger partial charge is 0.394 e. The molecule has 5 nitrogen and oxygen atoms in total. The van der Waals surface area contributed by atoms with E-state index in [2.05, 4.69) is 10.6 Å². The van der Waals surface area contributed by atoms with Gasteiger partial charge < -0.3 is 15.7 Å². The topological polar surface area (TPSA) is 74.2 Å². The highest BCUT2D eigenvalue weighted by molar-refractivity contribution is 7.18. The van der Waals surface area contributed by atoms with Crippen molar-refractivity contribution in [2.24, 2.45) is 0 Å². The molecule has 1 saturated heterocycles. The fourth-order valence-corrected chi connectivity index (χ4v) is 4.66. The number of carbonyl (C=O) groups excluding carboxylic acids is 1. The first-order valence-corrected chi connectivity index (χ1v) is 10.1. The predicted octanol–water partition coefficient (Wildman–Crippen LogP) is 3.23. The molecule has 1 aromatic heterocycles. The number of nitrogens with one attached hydrogen (secondary N) is 2. The van der Waals surface area contributed by atoms with E-state index in [1.807, 2.05) is 48.5 Å². The number of nitrogens with zero attached hydrogens (tertiary/aromatic N) is 1. The first kappa shape index (κ1) is 18.1. The molecule has 1 atom stereocenters. The fourth-order valence-electron chi connectivity index (χ4n) is 3.49. The minimum atomic E-state index is -0.416. The van der Waals surface area contributed by atoms with Crippen LogP contribution in [0.15, 0.2) is 48.5 Å². The quantitative estimate of drug-likeness (QED) is 0.634. The summed E-state index contributed by atoms with van der Waals surface area (Å²) in [6.07, 6.45) is 2.23. The second-order valence-electron chi connectivity index (χ2n) is 6.88. The van der Waals surface area contributed by atoms with E-state index in [0.717, 1.165) is 41.7 Å². The molecular weight excluding hydrogens is 358 g/mol. The SMILES string of the molecule is O=C(N[C@@H](CO)c1ccccc1)c1ccc2nc(C3CCNCC3)sc2c1. The average Bonchev–Trinajstić information content (AvgIpc) is 3.16. The number of hydrogen-bond acceptors (Lipinski definition) is 5. The van der Waals surface area contributed by atoms with Crippen LogP contribution in [0.25, 0.3) is 10.2 Å².